The molecule has 0 saturated carbocycles. The highest BCUT2D eigenvalue weighted by atomic mass is 79.9. The Hall–Kier alpha value is -1.11. The van der Waals surface area contributed by atoms with Gasteiger partial charge in [0.25, 0.3) is 0 Å². The van der Waals surface area contributed by atoms with E-state index in [0.29, 0.717) is 0 Å². The van der Waals surface area contributed by atoms with Gasteiger partial charge in [0.15, 0.2) is 5.16 Å². The summed E-state index contributed by atoms with van der Waals surface area (Å²) >= 11 is 7.06. The van der Waals surface area contributed by atoms with Gasteiger partial charge in [-0.25, -0.2) is 9.97 Å². The van der Waals surface area contributed by atoms with Crippen LogP contribution in [0.3, 0.4) is 0 Å². The van der Waals surface area contributed by atoms with Gasteiger partial charge in [0.2, 0.25) is 0 Å². The lowest BCUT2D eigenvalue weighted by atomic mass is 9.97. The number of thioether (sulfide) groups is 1. The molecule has 0 spiro atoms. The van der Waals surface area contributed by atoms with Crippen LogP contribution in [0.1, 0.15) is 28.8 Å². The Labute approximate surface area is 158 Å². The van der Waals surface area contributed by atoms with Crippen LogP contribution in [0.2, 0.25) is 0 Å². The summed E-state index contributed by atoms with van der Waals surface area (Å²) in [6.45, 7) is 2.10. The predicted molar refractivity (Wildman–Crippen MR) is 108 cm³/mol. The van der Waals surface area contributed by atoms with Crippen LogP contribution in [0, 0.1) is 6.92 Å². The topological polar surface area (TPSA) is 37.8 Å². The smallest absolute Gasteiger partial charge is 0.190 e. The second-order valence-corrected chi connectivity index (χ2v) is 8.75. The lowest BCUT2D eigenvalue weighted by Gasteiger charge is -2.13. The quantitative estimate of drug-likeness (QED) is 0.410. The van der Waals surface area contributed by atoms with E-state index in [1.807, 2.05) is 17.6 Å². The average molecular weight is 420 g/mol. The molecule has 3 aromatic rings. The molecule has 0 aliphatic heterocycles. The molecule has 0 atom stereocenters. The second kappa shape index (κ2) is 6.65. The number of thiophene rings is 1. The van der Waals surface area contributed by atoms with E-state index in [1.54, 1.807) is 11.8 Å². The Bertz CT molecular complexity index is 920. The number of aromatic nitrogens is 2. The van der Waals surface area contributed by atoms with Crippen molar-refractivity contribution in [2.45, 2.75) is 37.8 Å². The fourth-order valence-electron chi connectivity index (χ4n) is 3.13. The van der Waals surface area contributed by atoms with Crippen LogP contribution in [-0.4, -0.2) is 16.2 Å². The highest BCUT2D eigenvalue weighted by molar-refractivity contribution is 9.10. The van der Waals surface area contributed by atoms with Crippen LogP contribution in [0.5, 0.6) is 0 Å². The summed E-state index contributed by atoms with van der Waals surface area (Å²) in [6.07, 6.45) is 6.90. The van der Waals surface area contributed by atoms with Gasteiger partial charge >= 0.3 is 0 Å². The molecule has 0 unspecified atom stereocenters. The van der Waals surface area contributed by atoms with Crippen LogP contribution in [0.4, 0.5) is 11.5 Å². The molecule has 24 heavy (non-hydrogen) atoms. The number of nitrogens with one attached hydrogen (secondary N) is 1. The molecule has 1 aromatic carbocycles. The Morgan fingerprint density at radius 2 is 2.04 bits per heavy atom. The zero-order valence-corrected chi connectivity index (χ0v) is 16.9. The highest BCUT2D eigenvalue weighted by Crippen LogP contribution is 2.40. The molecule has 3 nitrogen and oxygen atoms in total. The van der Waals surface area contributed by atoms with Crippen molar-refractivity contribution >= 4 is 60.8 Å². The van der Waals surface area contributed by atoms with Crippen LogP contribution in [-0.2, 0) is 12.8 Å². The first-order valence-corrected chi connectivity index (χ1v) is 10.9. The molecule has 6 heteroatoms. The fourth-order valence-corrected chi connectivity index (χ4v) is 5.19. The summed E-state index contributed by atoms with van der Waals surface area (Å²) in [5.41, 5.74) is 3.74. The van der Waals surface area contributed by atoms with E-state index in [9.17, 15) is 0 Å². The van der Waals surface area contributed by atoms with E-state index in [1.165, 1.54) is 40.7 Å². The van der Waals surface area contributed by atoms with Crippen molar-refractivity contribution < 1.29 is 0 Å². The van der Waals surface area contributed by atoms with Crippen LogP contribution < -0.4 is 5.32 Å². The number of nitrogens with zero attached hydrogens (tertiary/aromatic N) is 2. The summed E-state index contributed by atoms with van der Waals surface area (Å²) in [6, 6.07) is 6.33. The number of fused-ring (bicyclic) bond motifs is 3. The minimum absolute atomic E-state index is 0.828. The summed E-state index contributed by atoms with van der Waals surface area (Å²) in [5, 5.41) is 5.59. The van der Waals surface area contributed by atoms with Crippen molar-refractivity contribution in [1.29, 1.82) is 0 Å². The summed E-state index contributed by atoms with van der Waals surface area (Å²) in [5.74, 6) is 0.944. The third-order valence-electron chi connectivity index (χ3n) is 4.41. The van der Waals surface area contributed by atoms with E-state index in [2.05, 4.69) is 46.4 Å². The van der Waals surface area contributed by atoms with E-state index in [-0.39, 0.29) is 0 Å². The molecule has 2 aromatic heterocycles. The Kier molecular flexibility index (Phi) is 4.54. The van der Waals surface area contributed by atoms with Crippen molar-refractivity contribution in [3.8, 4) is 0 Å². The molecule has 0 amide bonds. The van der Waals surface area contributed by atoms with Gasteiger partial charge in [0.1, 0.15) is 10.6 Å². The van der Waals surface area contributed by atoms with Crippen molar-refractivity contribution in [1.82, 2.24) is 9.97 Å². The predicted octanol–water partition coefficient (Wildman–Crippen LogP) is 6.11. The first-order chi connectivity index (χ1) is 11.7. The van der Waals surface area contributed by atoms with Gasteiger partial charge in [-0.2, -0.15) is 0 Å². The zero-order chi connectivity index (χ0) is 16.7. The summed E-state index contributed by atoms with van der Waals surface area (Å²) in [7, 11) is 0. The number of aryl methyl sites for hydroxylation is 3. The van der Waals surface area contributed by atoms with Crippen molar-refractivity contribution in [3.05, 3.63) is 38.7 Å². The number of rotatable bonds is 3. The molecule has 2 heterocycles. The Morgan fingerprint density at radius 3 is 2.83 bits per heavy atom. The van der Waals surface area contributed by atoms with Crippen LogP contribution in [0.25, 0.3) is 10.2 Å². The minimum Gasteiger partial charge on any atom is -0.340 e. The van der Waals surface area contributed by atoms with Gasteiger partial charge in [-0.1, -0.05) is 33.8 Å². The highest BCUT2D eigenvalue weighted by Gasteiger charge is 2.21. The number of hydrogen-bond donors (Lipinski definition) is 1. The molecule has 0 radical (unpaired) electrons. The van der Waals surface area contributed by atoms with E-state index in [0.717, 1.165) is 32.4 Å². The minimum atomic E-state index is 0.828. The average Bonchev–Trinajstić information content (AvgIpc) is 2.96. The van der Waals surface area contributed by atoms with Gasteiger partial charge in [-0.3, -0.25) is 0 Å². The first kappa shape index (κ1) is 16.4. The number of anilines is 2. The Morgan fingerprint density at radius 1 is 1.21 bits per heavy atom. The third-order valence-corrected chi connectivity index (χ3v) is 7.00. The molecular formula is C18H18BrN3S2. The maximum atomic E-state index is 4.78. The Balaban J connectivity index is 1.85. The molecule has 1 N–H and O–H groups in total. The molecule has 0 saturated heterocycles. The van der Waals surface area contributed by atoms with E-state index < -0.39 is 0 Å². The van der Waals surface area contributed by atoms with Crippen molar-refractivity contribution in [2.24, 2.45) is 0 Å². The number of hydrogen-bond acceptors (Lipinski definition) is 5. The molecule has 0 bridgehead atoms. The SMILES string of the molecule is CSc1nc(Nc2ccc(C)c(Br)c2)c2c3c(sc2n1)CCCC3. The summed E-state index contributed by atoms with van der Waals surface area (Å²) in [4.78, 5) is 12.2. The van der Waals surface area contributed by atoms with Gasteiger partial charge in [0, 0.05) is 15.0 Å². The maximum Gasteiger partial charge on any atom is 0.190 e. The third kappa shape index (κ3) is 2.95. The van der Waals surface area contributed by atoms with Gasteiger partial charge in [-0.05, 0) is 62.1 Å². The van der Waals surface area contributed by atoms with E-state index >= 15 is 0 Å². The molecule has 1 aliphatic rings. The normalized spacial score (nSPS) is 14.0. The van der Waals surface area contributed by atoms with Gasteiger partial charge < -0.3 is 5.32 Å². The number of benzene rings is 1. The lowest BCUT2D eigenvalue weighted by molar-refractivity contribution is 0.700. The van der Waals surface area contributed by atoms with E-state index in [4.69, 9.17) is 9.97 Å². The van der Waals surface area contributed by atoms with Gasteiger partial charge in [-0.15, -0.1) is 11.3 Å². The lowest BCUT2D eigenvalue weighted by Crippen LogP contribution is -2.02. The molecular weight excluding hydrogens is 402 g/mol. The first-order valence-electron chi connectivity index (χ1n) is 8.05. The summed E-state index contributed by atoms with van der Waals surface area (Å²) < 4.78 is 1.11. The molecule has 124 valence electrons. The molecule has 0 fully saturated rings. The zero-order valence-electron chi connectivity index (χ0n) is 13.6. The van der Waals surface area contributed by atoms with Crippen molar-refractivity contribution in [2.75, 3.05) is 11.6 Å². The molecule has 4 rings (SSSR count). The van der Waals surface area contributed by atoms with Crippen LogP contribution in [0.15, 0.2) is 27.8 Å². The largest absolute Gasteiger partial charge is 0.340 e. The second-order valence-electron chi connectivity index (χ2n) is 6.04. The van der Waals surface area contributed by atoms with Crippen LogP contribution >= 0.6 is 39.0 Å². The maximum absolute atomic E-state index is 4.78. The fraction of sp³-hybridized carbons (Fsp3) is 0.333. The molecule has 1 aliphatic carbocycles. The van der Waals surface area contributed by atoms with Crippen molar-refractivity contribution in [3.63, 3.8) is 0 Å². The number of halogens is 1. The standard InChI is InChI=1S/C18H18BrN3S2/c1-10-7-8-11(9-13(10)19)20-16-15-12-5-3-4-6-14(12)24-17(15)22-18(21-16)23-2/h7-9H,3-6H2,1-2H3,(H,20,21,22). The monoisotopic (exact) mass is 419 g/mol. The van der Waals surface area contributed by atoms with Gasteiger partial charge in [0.05, 0.1) is 5.39 Å².